The number of aliphatic hydroxyl groups excluding tert-OH is 1. The number of rotatable bonds is 6. The second-order valence-electron chi connectivity index (χ2n) is 4.24. The van der Waals surface area contributed by atoms with Gasteiger partial charge in [0.15, 0.2) is 0 Å². The van der Waals surface area contributed by atoms with Crippen LogP contribution in [0.3, 0.4) is 0 Å². The summed E-state index contributed by atoms with van der Waals surface area (Å²) < 4.78 is 13.7. The molecule has 96 valence electrons. The largest absolute Gasteiger partial charge is 0.392 e. The topological polar surface area (TPSA) is 32.3 Å². The molecule has 2 nitrogen and oxygen atoms in total. The molecule has 0 bridgehead atoms. The lowest BCUT2D eigenvalue weighted by atomic mass is 10.1. The average molecular weight is 304 g/mol. The Morgan fingerprint density at radius 1 is 1.47 bits per heavy atom. The van der Waals surface area contributed by atoms with E-state index in [1.165, 1.54) is 12.1 Å². The minimum Gasteiger partial charge on any atom is -0.392 e. The summed E-state index contributed by atoms with van der Waals surface area (Å²) >= 11 is 3.34. The van der Waals surface area contributed by atoms with Crippen LogP contribution < -0.4 is 5.32 Å². The predicted octanol–water partition coefficient (Wildman–Crippen LogP) is 3.40. The van der Waals surface area contributed by atoms with E-state index < -0.39 is 0 Å². The molecule has 0 saturated heterocycles. The number of halogens is 2. The van der Waals surface area contributed by atoms with E-state index in [9.17, 15) is 9.50 Å². The zero-order valence-electron chi connectivity index (χ0n) is 10.2. The van der Waals surface area contributed by atoms with E-state index in [0.29, 0.717) is 6.54 Å². The van der Waals surface area contributed by atoms with Crippen molar-refractivity contribution >= 4 is 15.9 Å². The quantitative estimate of drug-likeness (QED) is 0.844. The number of hydrogen-bond acceptors (Lipinski definition) is 2. The summed E-state index contributed by atoms with van der Waals surface area (Å²) in [5.41, 5.74) is 0.995. The fourth-order valence-corrected chi connectivity index (χ4v) is 2.40. The summed E-state index contributed by atoms with van der Waals surface area (Å²) in [6.45, 7) is 4.60. The molecule has 0 aromatic heterocycles. The van der Waals surface area contributed by atoms with Gasteiger partial charge in [0.25, 0.3) is 0 Å². The lowest BCUT2D eigenvalue weighted by Gasteiger charge is -2.18. The van der Waals surface area contributed by atoms with Gasteiger partial charge in [-0.15, -0.1) is 0 Å². The van der Waals surface area contributed by atoms with Crippen LogP contribution in [0.5, 0.6) is 0 Å². The van der Waals surface area contributed by atoms with Crippen LogP contribution in [0.25, 0.3) is 0 Å². The molecule has 17 heavy (non-hydrogen) atoms. The van der Waals surface area contributed by atoms with Gasteiger partial charge in [-0.2, -0.15) is 0 Å². The van der Waals surface area contributed by atoms with Gasteiger partial charge in [-0.1, -0.05) is 35.3 Å². The molecule has 2 atom stereocenters. The molecule has 0 heterocycles. The van der Waals surface area contributed by atoms with E-state index >= 15 is 0 Å². The summed E-state index contributed by atoms with van der Waals surface area (Å²) in [5, 5.41) is 12.9. The first kappa shape index (κ1) is 14.6. The molecular formula is C13H19BrFNO. The van der Waals surface area contributed by atoms with Crippen LogP contribution in [-0.2, 0) is 0 Å². The predicted molar refractivity (Wildman–Crippen MR) is 71.4 cm³/mol. The Balaban J connectivity index is 2.54. The monoisotopic (exact) mass is 303 g/mol. The van der Waals surface area contributed by atoms with Crippen LogP contribution in [0.2, 0.25) is 0 Å². The van der Waals surface area contributed by atoms with Crippen molar-refractivity contribution < 1.29 is 9.50 Å². The second kappa shape index (κ2) is 7.09. The van der Waals surface area contributed by atoms with Crippen molar-refractivity contribution in [3.8, 4) is 0 Å². The van der Waals surface area contributed by atoms with Gasteiger partial charge in [-0.25, -0.2) is 4.39 Å². The Kier molecular flexibility index (Phi) is 6.09. The highest BCUT2D eigenvalue weighted by Gasteiger charge is 2.11. The summed E-state index contributed by atoms with van der Waals surface area (Å²) in [5.74, 6) is -0.251. The van der Waals surface area contributed by atoms with Gasteiger partial charge in [0.2, 0.25) is 0 Å². The molecule has 0 radical (unpaired) electrons. The first-order chi connectivity index (χ1) is 8.04. The number of nitrogens with one attached hydrogen (secondary N) is 1. The highest BCUT2D eigenvalue weighted by atomic mass is 79.9. The third-order valence-corrected chi connectivity index (χ3v) is 3.40. The minimum absolute atomic E-state index is 0.0801. The van der Waals surface area contributed by atoms with Gasteiger partial charge in [0.05, 0.1) is 6.10 Å². The van der Waals surface area contributed by atoms with Crippen molar-refractivity contribution in [1.82, 2.24) is 5.32 Å². The van der Waals surface area contributed by atoms with E-state index in [1.807, 2.05) is 13.8 Å². The zero-order valence-corrected chi connectivity index (χ0v) is 11.8. The van der Waals surface area contributed by atoms with Gasteiger partial charge >= 0.3 is 0 Å². The summed E-state index contributed by atoms with van der Waals surface area (Å²) in [6.07, 6.45) is 1.45. The zero-order chi connectivity index (χ0) is 12.8. The van der Waals surface area contributed by atoms with Gasteiger partial charge in [0, 0.05) is 17.1 Å². The SMILES string of the molecule is CCCC(O)CNC(C)c1ccc(F)cc1Br. The molecule has 0 amide bonds. The van der Waals surface area contributed by atoms with Gasteiger partial charge < -0.3 is 10.4 Å². The highest BCUT2D eigenvalue weighted by molar-refractivity contribution is 9.10. The first-order valence-corrected chi connectivity index (χ1v) is 6.70. The molecule has 0 spiro atoms. The number of benzene rings is 1. The van der Waals surface area contributed by atoms with Gasteiger partial charge in [-0.05, 0) is 31.0 Å². The van der Waals surface area contributed by atoms with Crippen molar-refractivity contribution in [2.24, 2.45) is 0 Å². The van der Waals surface area contributed by atoms with Crippen LogP contribution in [0.15, 0.2) is 22.7 Å². The second-order valence-corrected chi connectivity index (χ2v) is 5.09. The fraction of sp³-hybridized carbons (Fsp3) is 0.538. The normalized spacial score (nSPS) is 14.6. The average Bonchev–Trinajstić information content (AvgIpc) is 2.26. The van der Waals surface area contributed by atoms with Crippen LogP contribution in [0.1, 0.15) is 38.3 Å². The first-order valence-electron chi connectivity index (χ1n) is 5.91. The molecule has 0 aliphatic heterocycles. The van der Waals surface area contributed by atoms with E-state index in [0.717, 1.165) is 22.9 Å². The molecule has 4 heteroatoms. The third-order valence-electron chi connectivity index (χ3n) is 2.71. The summed E-state index contributed by atoms with van der Waals surface area (Å²) in [4.78, 5) is 0. The van der Waals surface area contributed by atoms with Crippen LogP contribution >= 0.6 is 15.9 Å². The smallest absolute Gasteiger partial charge is 0.124 e. The van der Waals surface area contributed by atoms with Gasteiger partial charge in [0.1, 0.15) is 5.82 Å². The maximum absolute atomic E-state index is 12.9. The molecule has 1 aromatic rings. The van der Waals surface area contributed by atoms with E-state index in [4.69, 9.17) is 0 Å². The molecule has 0 aliphatic rings. The van der Waals surface area contributed by atoms with E-state index in [2.05, 4.69) is 21.2 Å². The van der Waals surface area contributed by atoms with Crippen LogP contribution in [-0.4, -0.2) is 17.8 Å². The van der Waals surface area contributed by atoms with Crippen LogP contribution in [0, 0.1) is 5.82 Å². The summed E-state index contributed by atoms with van der Waals surface area (Å²) in [6, 6.07) is 4.73. The van der Waals surface area contributed by atoms with Crippen molar-refractivity contribution in [2.75, 3.05) is 6.54 Å². The van der Waals surface area contributed by atoms with Crippen molar-refractivity contribution in [3.05, 3.63) is 34.1 Å². The molecule has 0 fully saturated rings. The summed E-state index contributed by atoms with van der Waals surface area (Å²) in [7, 11) is 0. The Morgan fingerprint density at radius 3 is 2.76 bits per heavy atom. The highest BCUT2D eigenvalue weighted by Crippen LogP contribution is 2.24. The van der Waals surface area contributed by atoms with Crippen molar-refractivity contribution in [3.63, 3.8) is 0 Å². The van der Waals surface area contributed by atoms with Crippen molar-refractivity contribution in [1.29, 1.82) is 0 Å². The standard InChI is InChI=1S/C13H19BrFNO/c1-3-4-11(17)8-16-9(2)12-6-5-10(15)7-13(12)14/h5-7,9,11,16-17H,3-4,8H2,1-2H3. The molecular weight excluding hydrogens is 285 g/mol. The van der Waals surface area contributed by atoms with Crippen molar-refractivity contribution in [2.45, 2.75) is 38.8 Å². The minimum atomic E-state index is -0.318. The molecule has 2 unspecified atom stereocenters. The Morgan fingerprint density at radius 2 is 2.18 bits per heavy atom. The van der Waals surface area contributed by atoms with Gasteiger partial charge in [-0.3, -0.25) is 0 Å². The molecule has 2 N–H and O–H groups in total. The molecule has 1 rings (SSSR count). The molecule has 1 aromatic carbocycles. The molecule has 0 saturated carbocycles. The Hall–Kier alpha value is -0.450. The lowest BCUT2D eigenvalue weighted by Crippen LogP contribution is -2.29. The van der Waals surface area contributed by atoms with Crippen LogP contribution in [0.4, 0.5) is 4.39 Å². The maximum atomic E-state index is 12.9. The fourth-order valence-electron chi connectivity index (χ4n) is 1.71. The maximum Gasteiger partial charge on any atom is 0.124 e. The molecule has 0 aliphatic carbocycles. The lowest BCUT2D eigenvalue weighted by molar-refractivity contribution is 0.157. The van der Waals surface area contributed by atoms with E-state index in [1.54, 1.807) is 6.07 Å². The Bertz CT molecular complexity index is 359. The van der Waals surface area contributed by atoms with E-state index in [-0.39, 0.29) is 18.0 Å². The third kappa shape index (κ3) is 4.74. The number of hydrogen-bond donors (Lipinski definition) is 2. The number of aliphatic hydroxyl groups is 1. The Labute approximate surface area is 110 Å².